The fourth-order valence-corrected chi connectivity index (χ4v) is 3.62. The second-order valence-corrected chi connectivity index (χ2v) is 6.85. The Kier molecular flexibility index (Phi) is 3.60. The molecule has 2 atom stereocenters. The summed E-state index contributed by atoms with van der Waals surface area (Å²) in [4.78, 5) is 14.5. The normalized spacial score (nSPS) is 24.5. The van der Waals surface area contributed by atoms with Crippen LogP contribution >= 0.6 is 0 Å². The van der Waals surface area contributed by atoms with E-state index >= 15 is 0 Å². The van der Waals surface area contributed by atoms with Crippen molar-refractivity contribution in [3.8, 4) is 0 Å². The Morgan fingerprint density at radius 2 is 1.89 bits per heavy atom. The highest BCUT2D eigenvalue weighted by Crippen LogP contribution is 2.27. The highest BCUT2D eigenvalue weighted by atomic mass is 32.2. The predicted octanol–water partition coefficient (Wildman–Crippen LogP) is 1.06. The average Bonchev–Trinajstić information content (AvgIpc) is 2.70. The second kappa shape index (κ2) is 4.90. The summed E-state index contributed by atoms with van der Waals surface area (Å²) in [7, 11) is -3.62. The molecule has 0 spiro atoms. The molecule has 7 heteroatoms. The number of carbonyl (C=O) groups is 1. The lowest BCUT2D eigenvalue weighted by Crippen LogP contribution is -2.29. The summed E-state index contributed by atoms with van der Waals surface area (Å²) < 4.78 is 26.1. The van der Waals surface area contributed by atoms with Gasteiger partial charge in [0.15, 0.2) is 5.03 Å². The van der Waals surface area contributed by atoms with E-state index in [0.717, 1.165) is 6.20 Å². The van der Waals surface area contributed by atoms with Crippen LogP contribution in [0, 0.1) is 11.8 Å². The van der Waals surface area contributed by atoms with Gasteiger partial charge in [0.1, 0.15) is 0 Å². The summed E-state index contributed by atoms with van der Waals surface area (Å²) >= 11 is 0. The number of hydrogen-bond acceptors (Lipinski definition) is 4. The van der Waals surface area contributed by atoms with Crippen molar-refractivity contribution in [2.45, 2.75) is 18.9 Å². The summed E-state index contributed by atoms with van der Waals surface area (Å²) in [5, 5.41) is 8.66. The zero-order chi connectivity index (χ0) is 14.2. The average molecular weight is 284 g/mol. The van der Waals surface area contributed by atoms with Gasteiger partial charge in [0.05, 0.1) is 5.56 Å². The summed E-state index contributed by atoms with van der Waals surface area (Å²) in [6.45, 7) is 4.99. The third-order valence-corrected chi connectivity index (χ3v) is 5.29. The molecule has 1 aromatic rings. The Balaban J connectivity index is 2.27. The van der Waals surface area contributed by atoms with Crippen molar-refractivity contribution in [1.29, 1.82) is 0 Å². The van der Waals surface area contributed by atoms with E-state index in [2.05, 4.69) is 4.98 Å². The molecule has 2 rings (SSSR count). The van der Waals surface area contributed by atoms with Gasteiger partial charge in [-0.3, -0.25) is 0 Å². The quantitative estimate of drug-likeness (QED) is 0.896. The van der Waals surface area contributed by atoms with Gasteiger partial charge in [-0.15, -0.1) is 0 Å². The maximum atomic E-state index is 12.3. The number of sulfonamides is 1. The standard InChI is InChI=1S/C12H16N2O4S/c1-8-6-14(7-9(8)2)19(17,18)11-4-3-10(5-13-11)12(15)16/h3-5,8-9H,6-7H2,1-2H3,(H,15,16). The molecular weight excluding hydrogens is 268 g/mol. The first kappa shape index (κ1) is 14.0. The lowest BCUT2D eigenvalue weighted by molar-refractivity contribution is 0.0696. The Labute approximate surface area is 112 Å². The highest BCUT2D eigenvalue weighted by Gasteiger charge is 2.35. The van der Waals surface area contributed by atoms with Gasteiger partial charge in [-0.25, -0.2) is 18.2 Å². The van der Waals surface area contributed by atoms with Crippen LogP contribution in [0.4, 0.5) is 0 Å². The van der Waals surface area contributed by atoms with Crippen LogP contribution < -0.4 is 0 Å². The van der Waals surface area contributed by atoms with E-state index < -0.39 is 16.0 Å². The van der Waals surface area contributed by atoms with Gasteiger partial charge in [0.25, 0.3) is 10.0 Å². The Bertz CT molecular complexity index is 572. The van der Waals surface area contributed by atoms with Crippen LogP contribution in [-0.2, 0) is 10.0 Å². The SMILES string of the molecule is CC1CN(S(=O)(=O)c2ccc(C(=O)O)cn2)CC1C. The molecule has 2 heterocycles. The van der Waals surface area contributed by atoms with Gasteiger partial charge in [0, 0.05) is 19.3 Å². The minimum absolute atomic E-state index is 0.0258. The zero-order valence-corrected chi connectivity index (χ0v) is 11.6. The number of nitrogens with zero attached hydrogens (tertiary/aromatic N) is 2. The second-order valence-electron chi connectivity index (χ2n) is 4.97. The van der Waals surface area contributed by atoms with Crippen molar-refractivity contribution in [3.63, 3.8) is 0 Å². The highest BCUT2D eigenvalue weighted by molar-refractivity contribution is 7.89. The Hall–Kier alpha value is -1.47. The minimum atomic E-state index is -3.62. The molecule has 6 nitrogen and oxygen atoms in total. The lowest BCUT2D eigenvalue weighted by atomic mass is 10.0. The Morgan fingerprint density at radius 3 is 2.32 bits per heavy atom. The van der Waals surface area contributed by atoms with Gasteiger partial charge in [-0.1, -0.05) is 13.8 Å². The monoisotopic (exact) mass is 284 g/mol. The largest absolute Gasteiger partial charge is 0.478 e. The maximum absolute atomic E-state index is 12.3. The van der Waals surface area contributed by atoms with Gasteiger partial charge in [-0.2, -0.15) is 4.31 Å². The van der Waals surface area contributed by atoms with Crippen molar-refractivity contribution in [1.82, 2.24) is 9.29 Å². The Morgan fingerprint density at radius 1 is 1.32 bits per heavy atom. The van der Waals surface area contributed by atoms with E-state index in [9.17, 15) is 13.2 Å². The maximum Gasteiger partial charge on any atom is 0.337 e. The van der Waals surface area contributed by atoms with Crippen LogP contribution in [0.3, 0.4) is 0 Å². The number of carboxylic acids is 1. The molecule has 1 aromatic heterocycles. The fraction of sp³-hybridized carbons (Fsp3) is 0.500. The summed E-state index contributed by atoms with van der Waals surface area (Å²) in [6.07, 6.45) is 1.07. The third kappa shape index (κ3) is 2.62. The number of carboxylic acid groups (broad SMARTS) is 1. The number of pyridine rings is 1. The molecule has 1 N–H and O–H groups in total. The number of aromatic carboxylic acids is 1. The molecule has 1 aliphatic heterocycles. The predicted molar refractivity (Wildman–Crippen MR) is 68.3 cm³/mol. The number of hydrogen-bond donors (Lipinski definition) is 1. The van der Waals surface area contributed by atoms with E-state index in [-0.39, 0.29) is 10.6 Å². The number of rotatable bonds is 3. The molecule has 1 saturated heterocycles. The van der Waals surface area contributed by atoms with E-state index in [1.807, 2.05) is 13.8 Å². The third-order valence-electron chi connectivity index (χ3n) is 3.54. The fourth-order valence-electron chi connectivity index (χ4n) is 2.06. The van der Waals surface area contributed by atoms with Gasteiger partial charge in [-0.05, 0) is 24.0 Å². The number of aromatic nitrogens is 1. The topological polar surface area (TPSA) is 87.6 Å². The van der Waals surface area contributed by atoms with Crippen LogP contribution in [0.1, 0.15) is 24.2 Å². The molecule has 1 aliphatic rings. The summed E-state index contributed by atoms with van der Waals surface area (Å²) in [5.41, 5.74) is -0.0258. The molecule has 0 bridgehead atoms. The molecule has 2 unspecified atom stereocenters. The molecule has 0 radical (unpaired) electrons. The van der Waals surface area contributed by atoms with Crippen LogP contribution in [0.25, 0.3) is 0 Å². The molecule has 1 fully saturated rings. The van der Waals surface area contributed by atoms with Crippen molar-refractivity contribution in [2.75, 3.05) is 13.1 Å². The zero-order valence-electron chi connectivity index (χ0n) is 10.8. The molecular formula is C12H16N2O4S. The molecule has 19 heavy (non-hydrogen) atoms. The van der Waals surface area contributed by atoms with E-state index in [1.54, 1.807) is 0 Å². The van der Waals surface area contributed by atoms with Gasteiger partial charge < -0.3 is 5.11 Å². The lowest BCUT2D eigenvalue weighted by Gasteiger charge is -2.15. The van der Waals surface area contributed by atoms with Crippen LogP contribution in [0.5, 0.6) is 0 Å². The first-order chi connectivity index (χ1) is 8.82. The van der Waals surface area contributed by atoms with E-state index in [0.29, 0.717) is 24.9 Å². The van der Waals surface area contributed by atoms with Crippen LogP contribution in [0.15, 0.2) is 23.4 Å². The van der Waals surface area contributed by atoms with Crippen LogP contribution in [-0.4, -0.2) is 41.9 Å². The minimum Gasteiger partial charge on any atom is -0.478 e. The first-order valence-corrected chi connectivity index (χ1v) is 7.46. The molecule has 0 aliphatic carbocycles. The van der Waals surface area contributed by atoms with Gasteiger partial charge >= 0.3 is 5.97 Å². The first-order valence-electron chi connectivity index (χ1n) is 6.02. The van der Waals surface area contributed by atoms with E-state index in [4.69, 9.17) is 5.11 Å². The summed E-state index contributed by atoms with van der Waals surface area (Å²) in [5.74, 6) is -0.499. The van der Waals surface area contributed by atoms with Crippen molar-refractivity contribution >= 4 is 16.0 Å². The van der Waals surface area contributed by atoms with E-state index in [1.165, 1.54) is 16.4 Å². The van der Waals surface area contributed by atoms with Gasteiger partial charge in [0.2, 0.25) is 0 Å². The van der Waals surface area contributed by atoms with Crippen LogP contribution in [0.2, 0.25) is 0 Å². The molecule has 0 saturated carbocycles. The molecule has 0 amide bonds. The smallest absolute Gasteiger partial charge is 0.337 e. The van der Waals surface area contributed by atoms with Crippen molar-refractivity contribution < 1.29 is 18.3 Å². The van der Waals surface area contributed by atoms with Crippen molar-refractivity contribution in [3.05, 3.63) is 23.9 Å². The summed E-state index contributed by atoms with van der Waals surface area (Å²) in [6, 6.07) is 2.50. The molecule has 104 valence electrons. The van der Waals surface area contributed by atoms with Crippen molar-refractivity contribution in [2.24, 2.45) is 11.8 Å². The molecule has 0 aromatic carbocycles.